The molecule has 0 atom stereocenters. The number of carboxylic acid groups (broad SMARTS) is 1. The van der Waals surface area contributed by atoms with E-state index in [0.717, 1.165) is 28.3 Å². The minimum absolute atomic E-state index is 0.191. The van der Waals surface area contributed by atoms with E-state index in [1.807, 2.05) is 18.3 Å². The van der Waals surface area contributed by atoms with Gasteiger partial charge in [0, 0.05) is 23.7 Å². The molecule has 180 valence electrons. The smallest absolute Gasteiger partial charge is 0.329 e. The van der Waals surface area contributed by atoms with Gasteiger partial charge in [-0.3, -0.25) is 4.98 Å². The first-order chi connectivity index (χ1) is 16.3. The van der Waals surface area contributed by atoms with E-state index in [1.165, 1.54) is 11.1 Å². The minimum Gasteiger partial charge on any atom is -0.480 e. The van der Waals surface area contributed by atoms with Gasteiger partial charge in [0.25, 0.3) is 0 Å². The first kappa shape index (κ1) is 25.3. The molecule has 3 rings (SSSR count). The van der Waals surface area contributed by atoms with Crippen LogP contribution in [0.2, 0.25) is 0 Å². The molecule has 0 fully saturated rings. The van der Waals surface area contributed by atoms with Crippen LogP contribution in [0.1, 0.15) is 25.0 Å². The van der Waals surface area contributed by atoms with Crippen molar-refractivity contribution in [3.05, 3.63) is 65.9 Å². The molecule has 7 heteroatoms. The summed E-state index contributed by atoms with van der Waals surface area (Å²) in [6, 6.07) is 16.8. The van der Waals surface area contributed by atoms with Gasteiger partial charge >= 0.3 is 5.97 Å². The molecule has 0 saturated heterocycles. The van der Waals surface area contributed by atoms with E-state index >= 15 is 0 Å². The maximum Gasteiger partial charge on any atom is 0.329 e. The fraction of sp³-hybridized carbons (Fsp3) is 0.370. The lowest BCUT2D eigenvalue weighted by molar-refractivity contribution is -0.142. The van der Waals surface area contributed by atoms with Crippen LogP contribution < -0.4 is 4.90 Å². The van der Waals surface area contributed by atoms with E-state index in [-0.39, 0.29) is 19.3 Å². The topological polar surface area (TPSA) is 84.8 Å². The second-order valence-electron chi connectivity index (χ2n) is 8.51. The third-order valence-corrected chi connectivity index (χ3v) is 5.33. The van der Waals surface area contributed by atoms with Crippen molar-refractivity contribution >= 4 is 11.8 Å². The maximum atomic E-state index is 10.5. The van der Waals surface area contributed by atoms with Gasteiger partial charge in [-0.15, -0.1) is 0 Å². The van der Waals surface area contributed by atoms with Gasteiger partial charge in [0.05, 0.1) is 37.4 Å². The lowest BCUT2D eigenvalue weighted by Gasteiger charge is -2.28. The summed E-state index contributed by atoms with van der Waals surface area (Å²) >= 11 is 0. The van der Waals surface area contributed by atoms with Crippen LogP contribution in [0.25, 0.3) is 22.5 Å². The average Bonchev–Trinajstić information content (AvgIpc) is 2.80. The van der Waals surface area contributed by atoms with E-state index < -0.39 is 5.97 Å². The van der Waals surface area contributed by atoms with E-state index in [2.05, 4.69) is 69.0 Å². The number of hydrogen-bond donors (Lipinski definition) is 1. The van der Waals surface area contributed by atoms with Gasteiger partial charge in [-0.05, 0) is 39.8 Å². The summed E-state index contributed by atoms with van der Waals surface area (Å²) in [5.74, 6) is -0.197. The summed E-state index contributed by atoms with van der Waals surface area (Å²) in [5.41, 5.74) is 6.11. The summed E-state index contributed by atoms with van der Waals surface area (Å²) in [6.45, 7) is 9.74. The molecular weight excluding hydrogens is 430 g/mol. The highest BCUT2D eigenvalue weighted by molar-refractivity contribution is 5.79. The monoisotopic (exact) mass is 463 g/mol. The number of anilines is 1. The van der Waals surface area contributed by atoms with Crippen molar-refractivity contribution in [1.82, 2.24) is 9.97 Å². The molecule has 0 unspecified atom stereocenters. The molecule has 0 aliphatic rings. The molecule has 0 saturated carbocycles. The van der Waals surface area contributed by atoms with Crippen molar-refractivity contribution < 1.29 is 19.4 Å². The van der Waals surface area contributed by atoms with Crippen molar-refractivity contribution in [2.45, 2.75) is 33.7 Å². The second kappa shape index (κ2) is 12.3. The van der Waals surface area contributed by atoms with Gasteiger partial charge in [0.15, 0.2) is 0 Å². The molecule has 34 heavy (non-hydrogen) atoms. The SMILES string of the molecule is Cc1cccc(-c2ncc(N(CCOCCOCC(=O)O)C(C)C)nc2-c2cccc(C)c2)c1. The van der Waals surface area contributed by atoms with Crippen molar-refractivity contribution in [3.63, 3.8) is 0 Å². The molecular formula is C27H33N3O4. The third kappa shape index (κ3) is 7.10. The Bertz CT molecular complexity index is 1100. The zero-order valence-electron chi connectivity index (χ0n) is 20.3. The molecule has 3 aromatic rings. The second-order valence-corrected chi connectivity index (χ2v) is 8.51. The number of nitrogens with zero attached hydrogens (tertiary/aromatic N) is 3. The number of hydrogen-bond acceptors (Lipinski definition) is 6. The molecule has 0 radical (unpaired) electrons. The summed E-state index contributed by atoms with van der Waals surface area (Å²) in [5, 5.41) is 8.62. The Morgan fingerprint density at radius 2 is 1.56 bits per heavy atom. The zero-order chi connectivity index (χ0) is 24.5. The van der Waals surface area contributed by atoms with E-state index in [0.29, 0.717) is 19.8 Å². The number of aliphatic carboxylic acids is 1. The lowest BCUT2D eigenvalue weighted by Crippen LogP contribution is -2.35. The van der Waals surface area contributed by atoms with Crippen molar-refractivity contribution in [1.29, 1.82) is 0 Å². The fourth-order valence-electron chi connectivity index (χ4n) is 3.70. The molecule has 1 heterocycles. The average molecular weight is 464 g/mol. The lowest BCUT2D eigenvalue weighted by atomic mass is 10.0. The van der Waals surface area contributed by atoms with Gasteiger partial charge < -0.3 is 19.5 Å². The Hall–Kier alpha value is -3.29. The maximum absolute atomic E-state index is 10.5. The van der Waals surface area contributed by atoms with Crippen LogP contribution in [0.15, 0.2) is 54.7 Å². The van der Waals surface area contributed by atoms with E-state index in [1.54, 1.807) is 0 Å². The van der Waals surface area contributed by atoms with Crippen LogP contribution in [0.3, 0.4) is 0 Å². The third-order valence-electron chi connectivity index (χ3n) is 5.33. The summed E-state index contributed by atoms with van der Waals surface area (Å²) in [6.07, 6.45) is 1.83. The molecule has 0 aliphatic carbocycles. The Kier molecular flexibility index (Phi) is 9.13. The molecule has 2 aromatic carbocycles. The summed E-state index contributed by atoms with van der Waals surface area (Å²) < 4.78 is 10.7. The molecule has 0 aliphatic heterocycles. The van der Waals surface area contributed by atoms with Crippen molar-refractivity contribution in [2.75, 3.05) is 37.9 Å². The number of carboxylic acids is 1. The Morgan fingerprint density at radius 3 is 2.15 bits per heavy atom. The standard InChI is InChI=1S/C27H33N3O4/c1-19(2)30(11-12-33-13-14-34-18-25(31)32)24-17-28-26(22-9-5-7-20(3)15-22)27(29-24)23-10-6-8-21(4)16-23/h5-10,15-17,19H,11-14,18H2,1-4H3,(H,31,32). The van der Waals surface area contributed by atoms with Gasteiger partial charge in [0.1, 0.15) is 12.4 Å². The fourth-order valence-corrected chi connectivity index (χ4v) is 3.70. The molecule has 0 amide bonds. The Balaban J connectivity index is 1.84. The van der Waals surface area contributed by atoms with Crippen molar-refractivity contribution in [2.24, 2.45) is 0 Å². The molecule has 1 N–H and O–H groups in total. The molecule has 0 spiro atoms. The Morgan fingerprint density at radius 1 is 0.941 bits per heavy atom. The van der Waals surface area contributed by atoms with E-state index in [9.17, 15) is 4.79 Å². The highest BCUT2D eigenvalue weighted by Gasteiger charge is 2.18. The number of carbonyl (C=O) groups is 1. The van der Waals surface area contributed by atoms with Crippen LogP contribution in [0.5, 0.6) is 0 Å². The number of rotatable bonds is 12. The van der Waals surface area contributed by atoms with Crippen LogP contribution in [0, 0.1) is 13.8 Å². The quantitative estimate of drug-likeness (QED) is 0.388. The highest BCUT2D eigenvalue weighted by atomic mass is 16.5. The largest absolute Gasteiger partial charge is 0.480 e. The van der Waals surface area contributed by atoms with Gasteiger partial charge in [-0.1, -0.05) is 47.5 Å². The van der Waals surface area contributed by atoms with Gasteiger partial charge in [-0.2, -0.15) is 0 Å². The first-order valence-corrected chi connectivity index (χ1v) is 11.5. The predicted octanol–water partition coefficient (Wildman–Crippen LogP) is 4.76. The minimum atomic E-state index is -0.983. The van der Waals surface area contributed by atoms with Crippen LogP contribution in [-0.2, 0) is 14.3 Å². The summed E-state index contributed by atoms with van der Waals surface area (Å²) in [4.78, 5) is 22.6. The molecule has 1 aromatic heterocycles. The van der Waals surface area contributed by atoms with Gasteiger partial charge in [0.2, 0.25) is 0 Å². The van der Waals surface area contributed by atoms with Crippen molar-refractivity contribution in [3.8, 4) is 22.5 Å². The number of ether oxygens (including phenoxy) is 2. The van der Waals surface area contributed by atoms with Crippen LogP contribution in [-0.4, -0.2) is 60.1 Å². The number of aromatic nitrogens is 2. The molecule has 0 bridgehead atoms. The van der Waals surface area contributed by atoms with Crippen LogP contribution in [0.4, 0.5) is 5.82 Å². The van der Waals surface area contributed by atoms with E-state index in [4.69, 9.17) is 24.5 Å². The molecule has 7 nitrogen and oxygen atoms in total. The Labute approximate surface area is 201 Å². The summed E-state index contributed by atoms with van der Waals surface area (Å²) in [7, 11) is 0. The highest BCUT2D eigenvalue weighted by Crippen LogP contribution is 2.31. The predicted molar refractivity (Wildman–Crippen MR) is 134 cm³/mol. The van der Waals surface area contributed by atoms with Gasteiger partial charge in [-0.25, -0.2) is 9.78 Å². The van der Waals surface area contributed by atoms with Crippen LogP contribution >= 0.6 is 0 Å². The number of aryl methyl sites for hydroxylation is 2. The normalized spacial score (nSPS) is 11.1. The first-order valence-electron chi connectivity index (χ1n) is 11.5. The number of benzene rings is 2. The zero-order valence-corrected chi connectivity index (χ0v) is 20.3.